The first-order chi connectivity index (χ1) is 11.7. The molecule has 0 amide bonds. The molecule has 0 bridgehead atoms. The van der Waals surface area contributed by atoms with Gasteiger partial charge in [0.25, 0.3) is 0 Å². The molecule has 0 radical (unpaired) electrons. The summed E-state index contributed by atoms with van der Waals surface area (Å²) in [5, 5.41) is 2.21. The van der Waals surface area contributed by atoms with Crippen molar-refractivity contribution >= 4 is 34.1 Å². The average Bonchev–Trinajstić information content (AvgIpc) is 2.63. The fraction of sp³-hybridized carbons (Fsp3) is 0. The molecule has 2 heterocycles. The molecule has 24 heavy (non-hydrogen) atoms. The van der Waals surface area contributed by atoms with Crippen molar-refractivity contribution in [2.45, 2.75) is 0 Å². The smallest absolute Gasteiger partial charge is 0.116 e. The highest BCUT2D eigenvalue weighted by molar-refractivity contribution is 6.35. The van der Waals surface area contributed by atoms with Gasteiger partial charge in [0.1, 0.15) is 6.33 Å². The number of fused-ring (bicyclic) bond motifs is 1. The molecular weight excluding hydrogens is 341 g/mol. The predicted molar refractivity (Wildman–Crippen MR) is 98.2 cm³/mol. The Bertz CT molecular complexity index is 1050. The standard InChI is InChI=1S/C19H11Cl2N3/c20-14-4-5-17(21)16(9-14)19-15(2-1-7-23-19)12-3-6-18-13(8-12)10-22-11-24-18/h1-11H. The molecule has 0 aliphatic heterocycles. The van der Waals surface area contributed by atoms with Crippen molar-refractivity contribution in [3.05, 3.63) is 77.3 Å². The third-order valence-corrected chi connectivity index (χ3v) is 4.37. The monoisotopic (exact) mass is 351 g/mol. The minimum Gasteiger partial charge on any atom is -0.256 e. The first-order valence-electron chi connectivity index (χ1n) is 7.33. The number of benzene rings is 2. The summed E-state index contributed by atoms with van der Waals surface area (Å²) in [7, 11) is 0. The number of nitrogens with zero attached hydrogens (tertiary/aromatic N) is 3. The Kier molecular flexibility index (Phi) is 3.89. The molecule has 116 valence electrons. The van der Waals surface area contributed by atoms with E-state index < -0.39 is 0 Å². The molecule has 0 spiro atoms. The molecule has 0 aliphatic rings. The van der Waals surface area contributed by atoms with Gasteiger partial charge in [0.15, 0.2) is 0 Å². The fourth-order valence-electron chi connectivity index (χ4n) is 2.68. The molecule has 0 saturated carbocycles. The molecule has 0 N–H and O–H groups in total. The van der Waals surface area contributed by atoms with E-state index in [1.165, 1.54) is 0 Å². The molecular formula is C19H11Cl2N3. The van der Waals surface area contributed by atoms with Crippen LogP contribution in [0.15, 0.2) is 67.3 Å². The van der Waals surface area contributed by atoms with Crippen LogP contribution in [0.3, 0.4) is 0 Å². The summed E-state index contributed by atoms with van der Waals surface area (Å²) in [4.78, 5) is 12.9. The van der Waals surface area contributed by atoms with E-state index in [-0.39, 0.29) is 0 Å². The van der Waals surface area contributed by atoms with Gasteiger partial charge in [-0.1, -0.05) is 35.3 Å². The van der Waals surface area contributed by atoms with Gasteiger partial charge in [0.2, 0.25) is 0 Å². The van der Waals surface area contributed by atoms with Crippen LogP contribution in [0.25, 0.3) is 33.3 Å². The van der Waals surface area contributed by atoms with Gasteiger partial charge >= 0.3 is 0 Å². The molecule has 0 fully saturated rings. The minimum absolute atomic E-state index is 0.614. The van der Waals surface area contributed by atoms with Crippen LogP contribution in [-0.4, -0.2) is 15.0 Å². The summed E-state index contributed by atoms with van der Waals surface area (Å²) in [6, 6.07) is 15.4. The fourth-order valence-corrected chi connectivity index (χ4v) is 3.06. The van der Waals surface area contributed by atoms with Crippen LogP contribution in [0.1, 0.15) is 0 Å². The lowest BCUT2D eigenvalue weighted by Crippen LogP contribution is -1.90. The lowest BCUT2D eigenvalue weighted by atomic mass is 9.98. The van der Waals surface area contributed by atoms with Crippen LogP contribution >= 0.6 is 23.2 Å². The van der Waals surface area contributed by atoms with E-state index in [1.54, 1.807) is 30.9 Å². The highest BCUT2D eigenvalue weighted by Gasteiger charge is 2.12. The van der Waals surface area contributed by atoms with Gasteiger partial charge in [-0.3, -0.25) is 4.98 Å². The summed E-state index contributed by atoms with van der Waals surface area (Å²) < 4.78 is 0. The van der Waals surface area contributed by atoms with Crippen molar-refractivity contribution in [3.8, 4) is 22.4 Å². The highest BCUT2D eigenvalue weighted by atomic mass is 35.5. The first-order valence-corrected chi connectivity index (χ1v) is 8.08. The zero-order valence-electron chi connectivity index (χ0n) is 12.4. The minimum atomic E-state index is 0.614. The van der Waals surface area contributed by atoms with Crippen molar-refractivity contribution < 1.29 is 0 Å². The summed E-state index contributed by atoms with van der Waals surface area (Å²) in [6.45, 7) is 0. The van der Waals surface area contributed by atoms with Gasteiger partial charge in [0.05, 0.1) is 16.2 Å². The van der Waals surface area contributed by atoms with E-state index in [0.29, 0.717) is 10.0 Å². The van der Waals surface area contributed by atoms with Crippen LogP contribution in [0.4, 0.5) is 0 Å². The maximum Gasteiger partial charge on any atom is 0.116 e. The molecule has 0 atom stereocenters. The van der Waals surface area contributed by atoms with E-state index in [2.05, 4.69) is 15.0 Å². The van der Waals surface area contributed by atoms with Crippen molar-refractivity contribution in [1.29, 1.82) is 0 Å². The number of halogens is 2. The molecule has 3 nitrogen and oxygen atoms in total. The summed E-state index contributed by atoms with van der Waals surface area (Å²) in [6.07, 6.45) is 5.09. The van der Waals surface area contributed by atoms with Crippen molar-refractivity contribution in [3.63, 3.8) is 0 Å². The largest absolute Gasteiger partial charge is 0.256 e. The second-order valence-corrected chi connectivity index (χ2v) is 6.16. The average molecular weight is 352 g/mol. The van der Waals surface area contributed by atoms with Crippen LogP contribution in [0, 0.1) is 0 Å². The van der Waals surface area contributed by atoms with Gasteiger partial charge < -0.3 is 0 Å². The lowest BCUT2D eigenvalue weighted by Gasteiger charge is -2.11. The molecule has 4 rings (SSSR count). The number of rotatable bonds is 2. The Labute approximate surface area is 148 Å². The van der Waals surface area contributed by atoms with Crippen molar-refractivity contribution in [2.24, 2.45) is 0 Å². The zero-order valence-corrected chi connectivity index (χ0v) is 14.0. The Balaban J connectivity index is 1.94. The summed E-state index contributed by atoms with van der Waals surface area (Å²) >= 11 is 12.5. The maximum absolute atomic E-state index is 6.37. The molecule has 5 heteroatoms. The van der Waals surface area contributed by atoms with Crippen molar-refractivity contribution in [2.75, 3.05) is 0 Å². The maximum atomic E-state index is 6.37. The Morgan fingerprint density at radius 1 is 0.833 bits per heavy atom. The van der Waals surface area contributed by atoms with Gasteiger partial charge in [-0.25, -0.2) is 9.97 Å². The normalized spacial score (nSPS) is 10.9. The molecule has 2 aromatic carbocycles. The lowest BCUT2D eigenvalue weighted by molar-refractivity contribution is 1.22. The molecule has 0 saturated heterocycles. The molecule has 0 aliphatic carbocycles. The van der Waals surface area contributed by atoms with E-state index in [0.717, 1.165) is 33.3 Å². The van der Waals surface area contributed by atoms with Crippen LogP contribution < -0.4 is 0 Å². The van der Waals surface area contributed by atoms with Crippen LogP contribution in [-0.2, 0) is 0 Å². The van der Waals surface area contributed by atoms with Crippen LogP contribution in [0.2, 0.25) is 10.0 Å². The van der Waals surface area contributed by atoms with E-state index in [1.807, 2.05) is 36.4 Å². The van der Waals surface area contributed by atoms with Gasteiger partial charge in [-0.2, -0.15) is 0 Å². The summed E-state index contributed by atoms with van der Waals surface area (Å²) in [5.41, 5.74) is 4.51. The summed E-state index contributed by atoms with van der Waals surface area (Å²) in [5.74, 6) is 0. The predicted octanol–water partition coefficient (Wildman–Crippen LogP) is 5.67. The number of hydrogen-bond donors (Lipinski definition) is 0. The molecule has 4 aromatic rings. The Morgan fingerprint density at radius 2 is 1.75 bits per heavy atom. The van der Waals surface area contributed by atoms with Gasteiger partial charge in [-0.05, 0) is 42.0 Å². The van der Waals surface area contributed by atoms with E-state index in [4.69, 9.17) is 23.2 Å². The highest BCUT2D eigenvalue weighted by Crippen LogP contribution is 2.36. The van der Waals surface area contributed by atoms with Crippen molar-refractivity contribution in [1.82, 2.24) is 15.0 Å². The SMILES string of the molecule is Clc1ccc(Cl)c(-c2ncccc2-c2ccc3ncncc3c2)c1. The quantitative estimate of drug-likeness (QED) is 0.467. The Hall–Kier alpha value is -2.49. The van der Waals surface area contributed by atoms with Crippen LogP contribution in [0.5, 0.6) is 0 Å². The number of hydrogen-bond acceptors (Lipinski definition) is 3. The molecule has 0 unspecified atom stereocenters. The topological polar surface area (TPSA) is 38.7 Å². The van der Waals surface area contributed by atoms with E-state index in [9.17, 15) is 0 Å². The van der Waals surface area contributed by atoms with Gasteiger partial charge in [-0.15, -0.1) is 0 Å². The van der Waals surface area contributed by atoms with Gasteiger partial charge in [0, 0.05) is 33.9 Å². The second-order valence-electron chi connectivity index (χ2n) is 5.32. The number of aromatic nitrogens is 3. The third kappa shape index (κ3) is 2.73. The third-order valence-electron chi connectivity index (χ3n) is 3.81. The second kappa shape index (κ2) is 6.19. The van der Waals surface area contributed by atoms with E-state index >= 15 is 0 Å². The Morgan fingerprint density at radius 3 is 2.67 bits per heavy atom. The molecule has 2 aromatic heterocycles. The zero-order chi connectivity index (χ0) is 16.5. The number of pyridine rings is 1. The first kappa shape index (κ1) is 15.1.